The van der Waals surface area contributed by atoms with E-state index >= 15 is 0 Å². The molecule has 0 radical (unpaired) electrons. The first kappa shape index (κ1) is 15.1. The van der Waals surface area contributed by atoms with E-state index in [9.17, 15) is 4.79 Å². The third kappa shape index (κ3) is 3.82. The van der Waals surface area contributed by atoms with Gasteiger partial charge in [-0.1, -0.05) is 19.1 Å². The highest BCUT2D eigenvalue weighted by molar-refractivity contribution is 5.92. The summed E-state index contributed by atoms with van der Waals surface area (Å²) < 4.78 is 1.58. The maximum Gasteiger partial charge on any atom is 0.271 e. The molecule has 0 saturated carbocycles. The average Bonchev–Trinajstić information content (AvgIpc) is 2.95. The van der Waals surface area contributed by atoms with Crippen molar-refractivity contribution in [2.45, 2.75) is 13.3 Å². The van der Waals surface area contributed by atoms with Crippen LogP contribution >= 0.6 is 0 Å². The molecule has 1 amide bonds. The molecule has 0 saturated heterocycles. The van der Waals surface area contributed by atoms with Crippen molar-refractivity contribution in [1.29, 1.82) is 0 Å². The number of para-hydroxylation sites is 2. The van der Waals surface area contributed by atoms with Gasteiger partial charge in [-0.15, -0.1) is 0 Å². The summed E-state index contributed by atoms with van der Waals surface area (Å²) in [6.07, 6.45) is 2.37. The summed E-state index contributed by atoms with van der Waals surface area (Å²) >= 11 is 0. The van der Waals surface area contributed by atoms with E-state index < -0.39 is 0 Å². The van der Waals surface area contributed by atoms with Crippen LogP contribution in [0, 0.1) is 5.92 Å². The molecule has 2 aromatic rings. The minimum atomic E-state index is -0.229. The Balaban J connectivity index is 2.03. The number of rotatable bonds is 6. The first-order chi connectivity index (χ1) is 10.1. The molecule has 1 heterocycles. The second kappa shape index (κ2) is 6.90. The van der Waals surface area contributed by atoms with Gasteiger partial charge < -0.3 is 16.2 Å². The van der Waals surface area contributed by atoms with Crippen molar-refractivity contribution in [3.05, 3.63) is 42.2 Å². The highest BCUT2D eigenvalue weighted by Crippen LogP contribution is 2.15. The van der Waals surface area contributed by atoms with Gasteiger partial charge in [0.05, 0.1) is 11.4 Å². The van der Waals surface area contributed by atoms with Crippen molar-refractivity contribution in [2.24, 2.45) is 5.92 Å². The number of amides is 1. The van der Waals surface area contributed by atoms with Gasteiger partial charge in [0.2, 0.25) is 0 Å². The molecule has 1 aromatic heterocycles. The van der Waals surface area contributed by atoms with Gasteiger partial charge in [0.1, 0.15) is 0 Å². The Bertz CT molecular complexity index is 609. The second-order valence-corrected chi connectivity index (χ2v) is 5.03. The normalized spacial score (nSPS) is 12.1. The lowest BCUT2D eigenvalue weighted by atomic mass is 10.1. The molecule has 0 spiro atoms. The number of hydrogen-bond acceptors (Lipinski definition) is 4. The molecule has 0 aliphatic heterocycles. The van der Waals surface area contributed by atoms with Crippen molar-refractivity contribution < 1.29 is 9.90 Å². The lowest BCUT2D eigenvalue weighted by Crippen LogP contribution is -2.29. The third-order valence-electron chi connectivity index (χ3n) is 3.24. The molecule has 4 N–H and O–H groups in total. The summed E-state index contributed by atoms with van der Waals surface area (Å²) in [7, 11) is 0. The van der Waals surface area contributed by atoms with Crippen LogP contribution in [0.2, 0.25) is 0 Å². The third-order valence-corrected chi connectivity index (χ3v) is 3.24. The predicted molar refractivity (Wildman–Crippen MR) is 81.2 cm³/mol. The van der Waals surface area contributed by atoms with Gasteiger partial charge in [-0.3, -0.25) is 4.79 Å². The smallest absolute Gasteiger partial charge is 0.271 e. The van der Waals surface area contributed by atoms with Crippen molar-refractivity contribution in [3.8, 4) is 5.69 Å². The number of carbonyl (C=O) groups excluding carboxylic acids is 1. The van der Waals surface area contributed by atoms with Crippen LogP contribution in [0.5, 0.6) is 0 Å². The molecule has 1 aromatic carbocycles. The summed E-state index contributed by atoms with van der Waals surface area (Å²) in [5.41, 5.74) is 7.57. The highest BCUT2D eigenvalue weighted by Gasteiger charge is 2.12. The Morgan fingerprint density at radius 3 is 2.90 bits per heavy atom. The first-order valence-electron chi connectivity index (χ1n) is 6.91. The molecule has 112 valence electrons. The van der Waals surface area contributed by atoms with E-state index in [4.69, 9.17) is 10.8 Å². The summed E-state index contributed by atoms with van der Waals surface area (Å²) in [4.78, 5) is 12.0. The number of carbonyl (C=O) groups is 1. The highest BCUT2D eigenvalue weighted by atomic mass is 16.3. The van der Waals surface area contributed by atoms with Gasteiger partial charge in [0.15, 0.2) is 5.69 Å². The number of nitrogen functional groups attached to an aromatic ring is 1. The van der Waals surface area contributed by atoms with E-state index in [1.54, 1.807) is 23.0 Å². The molecule has 6 heteroatoms. The monoisotopic (exact) mass is 288 g/mol. The summed E-state index contributed by atoms with van der Waals surface area (Å²) in [5, 5.41) is 15.9. The number of benzene rings is 1. The van der Waals surface area contributed by atoms with E-state index in [0.717, 1.165) is 5.69 Å². The fourth-order valence-corrected chi connectivity index (χ4v) is 1.96. The Hall–Kier alpha value is -2.34. The molecular formula is C15H20N4O2. The molecule has 0 bridgehead atoms. The molecule has 2 rings (SSSR count). The minimum Gasteiger partial charge on any atom is -0.397 e. The van der Waals surface area contributed by atoms with E-state index in [1.807, 2.05) is 25.1 Å². The zero-order chi connectivity index (χ0) is 15.2. The van der Waals surface area contributed by atoms with Gasteiger partial charge >= 0.3 is 0 Å². The van der Waals surface area contributed by atoms with Crippen molar-refractivity contribution in [2.75, 3.05) is 18.9 Å². The molecule has 0 aliphatic rings. The van der Waals surface area contributed by atoms with E-state index in [-0.39, 0.29) is 18.4 Å². The van der Waals surface area contributed by atoms with Crippen molar-refractivity contribution in [1.82, 2.24) is 15.1 Å². The van der Waals surface area contributed by atoms with Gasteiger partial charge in [0, 0.05) is 19.3 Å². The molecule has 21 heavy (non-hydrogen) atoms. The fourth-order valence-electron chi connectivity index (χ4n) is 1.96. The number of anilines is 1. The van der Waals surface area contributed by atoms with E-state index in [2.05, 4.69) is 10.4 Å². The van der Waals surface area contributed by atoms with Crippen molar-refractivity contribution in [3.63, 3.8) is 0 Å². The van der Waals surface area contributed by atoms with Gasteiger partial charge in [-0.25, -0.2) is 4.68 Å². The van der Waals surface area contributed by atoms with Crippen LogP contribution in [0.4, 0.5) is 5.69 Å². The van der Waals surface area contributed by atoms with Crippen LogP contribution in [-0.2, 0) is 0 Å². The number of aliphatic hydroxyl groups is 1. The largest absolute Gasteiger partial charge is 0.397 e. The standard InChI is InChI=1S/C15H20N4O2/c1-11(7-9-20)10-17-15(21)13-6-8-19(18-13)14-5-3-2-4-12(14)16/h2-6,8,11,20H,7,9-10,16H2,1H3,(H,17,21). The zero-order valence-electron chi connectivity index (χ0n) is 12.0. The maximum atomic E-state index is 12.0. The number of aromatic nitrogens is 2. The van der Waals surface area contributed by atoms with E-state index in [1.165, 1.54) is 0 Å². The molecule has 0 aliphatic carbocycles. The van der Waals surface area contributed by atoms with Gasteiger partial charge in [-0.2, -0.15) is 5.10 Å². The van der Waals surface area contributed by atoms with Gasteiger partial charge in [-0.05, 0) is 30.5 Å². The average molecular weight is 288 g/mol. The minimum absolute atomic E-state index is 0.124. The Morgan fingerprint density at radius 1 is 1.43 bits per heavy atom. The predicted octanol–water partition coefficient (Wildman–Crippen LogP) is 1.20. The Labute approximate surface area is 123 Å². The van der Waals surface area contributed by atoms with E-state index in [0.29, 0.717) is 24.3 Å². The lowest BCUT2D eigenvalue weighted by Gasteiger charge is -2.10. The molecular weight excluding hydrogens is 268 g/mol. The number of nitrogens with two attached hydrogens (primary N) is 1. The quantitative estimate of drug-likeness (QED) is 0.696. The maximum absolute atomic E-state index is 12.0. The summed E-state index contributed by atoms with van der Waals surface area (Å²) in [6, 6.07) is 8.99. The second-order valence-electron chi connectivity index (χ2n) is 5.03. The lowest BCUT2D eigenvalue weighted by molar-refractivity contribution is 0.0940. The number of hydrogen-bond donors (Lipinski definition) is 3. The first-order valence-corrected chi connectivity index (χ1v) is 6.91. The topological polar surface area (TPSA) is 93.2 Å². The van der Waals surface area contributed by atoms with Crippen LogP contribution in [0.25, 0.3) is 5.69 Å². The van der Waals surface area contributed by atoms with Crippen LogP contribution in [0.15, 0.2) is 36.5 Å². The zero-order valence-corrected chi connectivity index (χ0v) is 12.0. The number of nitrogens with one attached hydrogen (secondary N) is 1. The van der Waals surface area contributed by atoms with Crippen LogP contribution < -0.4 is 11.1 Å². The summed E-state index contributed by atoms with van der Waals surface area (Å²) in [6.45, 7) is 2.61. The fraction of sp³-hybridized carbons (Fsp3) is 0.333. The van der Waals surface area contributed by atoms with Crippen molar-refractivity contribution >= 4 is 11.6 Å². The van der Waals surface area contributed by atoms with Crippen LogP contribution in [0.3, 0.4) is 0 Å². The number of aliphatic hydroxyl groups excluding tert-OH is 1. The molecule has 1 atom stereocenters. The molecule has 0 fully saturated rings. The molecule has 1 unspecified atom stereocenters. The SMILES string of the molecule is CC(CCO)CNC(=O)c1ccn(-c2ccccc2N)n1. The summed E-state index contributed by atoms with van der Waals surface area (Å²) in [5.74, 6) is -0.00107. The van der Waals surface area contributed by atoms with Crippen LogP contribution in [-0.4, -0.2) is 33.9 Å². The Kier molecular flexibility index (Phi) is 4.94. The van der Waals surface area contributed by atoms with Crippen LogP contribution in [0.1, 0.15) is 23.8 Å². The Morgan fingerprint density at radius 2 is 2.19 bits per heavy atom. The van der Waals surface area contributed by atoms with Gasteiger partial charge in [0.25, 0.3) is 5.91 Å². The molecule has 6 nitrogen and oxygen atoms in total. The number of nitrogens with zero attached hydrogens (tertiary/aromatic N) is 2.